The number of carbonyl (C=O) groups is 1. The molecular formula is C19H18BrN3O2S. The number of benzene rings is 2. The summed E-state index contributed by atoms with van der Waals surface area (Å²) in [7, 11) is 0. The molecule has 1 heterocycles. The number of aromatic nitrogens is 3. The summed E-state index contributed by atoms with van der Waals surface area (Å²) in [5.74, 6) is 0.638. The summed E-state index contributed by atoms with van der Waals surface area (Å²) >= 11 is 4.90. The fourth-order valence-corrected chi connectivity index (χ4v) is 3.65. The second-order valence-corrected chi connectivity index (χ2v) is 7.35. The first kappa shape index (κ1) is 18.7. The number of halogens is 1. The minimum absolute atomic E-state index is 0.188. The van der Waals surface area contributed by atoms with Crippen molar-refractivity contribution in [1.29, 1.82) is 0 Å². The van der Waals surface area contributed by atoms with Crippen molar-refractivity contribution in [1.82, 2.24) is 14.8 Å². The molecule has 0 saturated carbocycles. The molecule has 0 aliphatic heterocycles. The second-order valence-electron chi connectivity index (χ2n) is 5.55. The second kappa shape index (κ2) is 8.51. The molecule has 0 aliphatic rings. The van der Waals surface area contributed by atoms with Crippen LogP contribution < -0.4 is 0 Å². The smallest absolute Gasteiger partial charge is 0.316 e. The topological polar surface area (TPSA) is 57.0 Å². The first-order valence-electron chi connectivity index (χ1n) is 8.16. The quantitative estimate of drug-likeness (QED) is 0.419. The van der Waals surface area contributed by atoms with Crippen molar-refractivity contribution in [3.05, 3.63) is 58.6 Å². The monoisotopic (exact) mass is 431 g/mol. The molecule has 2 aromatic carbocycles. The van der Waals surface area contributed by atoms with Gasteiger partial charge in [-0.05, 0) is 32.0 Å². The van der Waals surface area contributed by atoms with Gasteiger partial charge in [-0.15, -0.1) is 10.2 Å². The van der Waals surface area contributed by atoms with E-state index in [4.69, 9.17) is 4.74 Å². The third-order valence-corrected chi connectivity index (χ3v) is 5.26. The van der Waals surface area contributed by atoms with Crippen molar-refractivity contribution in [2.24, 2.45) is 0 Å². The maximum atomic E-state index is 11.7. The highest BCUT2D eigenvalue weighted by molar-refractivity contribution is 9.10. The molecule has 26 heavy (non-hydrogen) atoms. The van der Waals surface area contributed by atoms with E-state index < -0.39 is 0 Å². The van der Waals surface area contributed by atoms with Crippen LogP contribution in [0, 0.1) is 6.92 Å². The number of rotatable bonds is 6. The number of thioether (sulfide) groups is 1. The Balaban J connectivity index is 2.04. The van der Waals surface area contributed by atoms with Gasteiger partial charge in [0.05, 0.1) is 12.4 Å². The largest absolute Gasteiger partial charge is 0.465 e. The van der Waals surface area contributed by atoms with Gasteiger partial charge in [-0.1, -0.05) is 63.6 Å². The van der Waals surface area contributed by atoms with E-state index >= 15 is 0 Å². The van der Waals surface area contributed by atoms with Crippen LogP contribution >= 0.6 is 27.7 Å². The molecule has 0 fully saturated rings. The Morgan fingerprint density at radius 3 is 2.58 bits per heavy atom. The highest BCUT2D eigenvalue weighted by Crippen LogP contribution is 2.32. The lowest BCUT2D eigenvalue weighted by Crippen LogP contribution is -2.08. The van der Waals surface area contributed by atoms with Crippen molar-refractivity contribution in [2.75, 3.05) is 12.4 Å². The molecule has 7 heteroatoms. The third-order valence-electron chi connectivity index (χ3n) is 3.66. The van der Waals surface area contributed by atoms with E-state index in [2.05, 4.69) is 26.1 Å². The van der Waals surface area contributed by atoms with Gasteiger partial charge in [0.15, 0.2) is 11.0 Å². The number of aryl methyl sites for hydroxylation is 1. The standard InChI is InChI=1S/C19H18BrN3O2S/c1-3-25-17(24)12-26-19-22-21-18(15-6-4-5-7-16(15)20)23(19)14-10-8-13(2)9-11-14/h4-11H,3,12H2,1-2H3. The van der Waals surface area contributed by atoms with Gasteiger partial charge in [0.2, 0.25) is 0 Å². The van der Waals surface area contributed by atoms with Gasteiger partial charge in [0.25, 0.3) is 0 Å². The van der Waals surface area contributed by atoms with Gasteiger partial charge in [0, 0.05) is 15.7 Å². The molecule has 0 amide bonds. The fourth-order valence-electron chi connectivity index (χ4n) is 2.43. The Labute approximate surface area is 164 Å². The summed E-state index contributed by atoms with van der Waals surface area (Å²) in [6.45, 7) is 4.20. The van der Waals surface area contributed by atoms with E-state index in [0.717, 1.165) is 15.7 Å². The SMILES string of the molecule is CCOC(=O)CSc1nnc(-c2ccccc2Br)n1-c1ccc(C)cc1. The molecule has 134 valence electrons. The first-order chi connectivity index (χ1) is 12.6. The fraction of sp³-hybridized carbons (Fsp3) is 0.211. The Morgan fingerprint density at radius 2 is 1.88 bits per heavy atom. The summed E-state index contributed by atoms with van der Waals surface area (Å²) in [5.41, 5.74) is 3.05. The summed E-state index contributed by atoms with van der Waals surface area (Å²) in [4.78, 5) is 11.7. The van der Waals surface area contributed by atoms with Gasteiger partial charge >= 0.3 is 5.97 Å². The Bertz CT molecular complexity index is 909. The van der Waals surface area contributed by atoms with Gasteiger partial charge < -0.3 is 4.74 Å². The number of carbonyl (C=O) groups excluding carboxylic acids is 1. The van der Waals surface area contributed by atoms with Gasteiger partial charge in [-0.25, -0.2) is 0 Å². The zero-order chi connectivity index (χ0) is 18.5. The van der Waals surface area contributed by atoms with Crippen LogP contribution in [0.1, 0.15) is 12.5 Å². The zero-order valence-electron chi connectivity index (χ0n) is 14.5. The van der Waals surface area contributed by atoms with Crippen molar-refractivity contribution in [3.63, 3.8) is 0 Å². The highest BCUT2D eigenvalue weighted by atomic mass is 79.9. The summed E-state index contributed by atoms with van der Waals surface area (Å²) in [6.07, 6.45) is 0. The molecular weight excluding hydrogens is 414 g/mol. The van der Waals surface area contributed by atoms with Crippen LogP contribution in [0.4, 0.5) is 0 Å². The van der Waals surface area contributed by atoms with Crippen LogP contribution in [0.15, 0.2) is 58.2 Å². The summed E-state index contributed by atoms with van der Waals surface area (Å²) < 4.78 is 7.91. The lowest BCUT2D eigenvalue weighted by Gasteiger charge is -2.11. The van der Waals surface area contributed by atoms with Crippen molar-refractivity contribution >= 4 is 33.7 Å². The average molecular weight is 432 g/mol. The third kappa shape index (κ3) is 4.16. The van der Waals surface area contributed by atoms with E-state index in [0.29, 0.717) is 17.6 Å². The van der Waals surface area contributed by atoms with Gasteiger partial charge in [-0.2, -0.15) is 0 Å². The number of hydrogen-bond donors (Lipinski definition) is 0. The number of hydrogen-bond acceptors (Lipinski definition) is 5. The molecule has 0 saturated heterocycles. The average Bonchev–Trinajstić information content (AvgIpc) is 3.05. The summed E-state index contributed by atoms with van der Waals surface area (Å²) in [6, 6.07) is 16.0. The van der Waals surface area contributed by atoms with Crippen LogP contribution in [0.5, 0.6) is 0 Å². The van der Waals surface area contributed by atoms with Crippen molar-refractivity contribution in [2.45, 2.75) is 19.0 Å². The Kier molecular flexibility index (Phi) is 6.11. The van der Waals surface area contributed by atoms with E-state index in [9.17, 15) is 4.79 Å². The Morgan fingerprint density at radius 1 is 1.15 bits per heavy atom. The van der Waals surface area contributed by atoms with Crippen LogP contribution in [0.2, 0.25) is 0 Å². The minimum atomic E-state index is -0.265. The molecule has 3 aromatic rings. The molecule has 0 unspecified atom stereocenters. The molecule has 0 spiro atoms. The number of ether oxygens (including phenoxy) is 1. The maximum Gasteiger partial charge on any atom is 0.316 e. The normalized spacial score (nSPS) is 10.7. The maximum absolute atomic E-state index is 11.7. The lowest BCUT2D eigenvalue weighted by molar-refractivity contribution is -0.139. The molecule has 0 N–H and O–H groups in total. The van der Waals surface area contributed by atoms with E-state index in [1.54, 1.807) is 6.92 Å². The van der Waals surface area contributed by atoms with Crippen LogP contribution in [0.3, 0.4) is 0 Å². The predicted octanol–water partition coefficient (Wildman–Crippen LogP) is 4.66. The first-order valence-corrected chi connectivity index (χ1v) is 9.93. The van der Waals surface area contributed by atoms with E-state index in [1.165, 1.54) is 17.3 Å². The zero-order valence-corrected chi connectivity index (χ0v) is 16.9. The van der Waals surface area contributed by atoms with Crippen molar-refractivity contribution < 1.29 is 9.53 Å². The van der Waals surface area contributed by atoms with E-state index in [1.807, 2.05) is 60.0 Å². The molecule has 0 atom stereocenters. The summed E-state index contributed by atoms with van der Waals surface area (Å²) in [5, 5.41) is 9.34. The van der Waals surface area contributed by atoms with Crippen LogP contribution in [0.25, 0.3) is 17.1 Å². The highest BCUT2D eigenvalue weighted by Gasteiger charge is 2.18. The minimum Gasteiger partial charge on any atom is -0.465 e. The van der Waals surface area contributed by atoms with Crippen LogP contribution in [-0.2, 0) is 9.53 Å². The Hall–Kier alpha value is -2.12. The van der Waals surface area contributed by atoms with Gasteiger partial charge in [0.1, 0.15) is 0 Å². The predicted molar refractivity (Wildman–Crippen MR) is 107 cm³/mol. The molecule has 0 radical (unpaired) electrons. The van der Waals surface area contributed by atoms with Crippen LogP contribution in [-0.4, -0.2) is 33.1 Å². The van der Waals surface area contributed by atoms with Crippen molar-refractivity contribution in [3.8, 4) is 17.1 Å². The van der Waals surface area contributed by atoms with Gasteiger partial charge in [-0.3, -0.25) is 9.36 Å². The molecule has 3 rings (SSSR count). The molecule has 1 aromatic heterocycles. The molecule has 0 aliphatic carbocycles. The number of nitrogens with zero attached hydrogens (tertiary/aromatic N) is 3. The molecule has 5 nitrogen and oxygen atoms in total. The lowest BCUT2D eigenvalue weighted by atomic mass is 10.2. The molecule has 0 bridgehead atoms. The number of esters is 1. The van der Waals surface area contributed by atoms with E-state index in [-0.39, 0.29) is 11.7 Å².